The average molecular weight is 488 g/mol. The van der Waals surface area contributed by atoms with E-state index in [2.05, 4.69) is 6.92 Å². The van der Waals surface area contributed by atoms with Crippen molar-refractivity contribution >= 4 is 29.1 Å². The van der Waals surface area contributed by atoms with Crippen LogP contribution in [-0.2, 0) is 19.1 Å². The molecule has 0 amide bonds. The zero-order chi connectivity index (χ0) is 26.7. The Hall–Kier alpha value is -2.18. The van der Waals surface area contributed by atoms with Gasteiger partial charge in [0.05, 0.1) is 21.0 Å². The molecule has 2 heterocycles. The van der Waals surface area contributed by atoms with Crippen LogP contribution in [0.4, 0.5) is 0 Å². The second-order valence-corrected chi connectivity index (χ2v) is 11.2. The largest absolute Gasteiger partial charge is 0.457 e. The molecule has 0 aromatic carbocycles. The maximum absolute atomic E-state index is 13.7. The fourth-order valence-corrected chi connectivity index (χ4v) is 8.60. The summed E-state index contributed by atoms with van der Waals surface area (Å²) in [7, 11) is 0. The van der Waals surface area contributed by atoms with Crippen LogP contribution in [0.25, 0.3) is 0 Å². The first-order valence-corrected chi connectivity index (χ1v) is 12.4. The quantitative estimate of drug-likeness (QED) is 0.348. The van der Waals surface area contributed by atoms with Gasteiger partial charge in [-0.05, 0) is 68.7 Å². The fraction of sp³-hybridized carbons (Fsp3) is 0.593. The Bertz CT molecular complexity index is 1320. The summed E-state index contributed by atoms with van der Waals surface area (Å²) in [4.78, 5) is 39.1. The number of ether oxygens (including phenoxy) is 2. The van der Waals surface area contributed by atoms with Crippen LogP contribution in [0, 0.1) is 28.6 Å². The SMILES string of the molecule is [2H]c1oc(C(=O)O[C@@]2(C(=O)CCl)[C@H](C)CC3[C@@H]4CCC5=CC(=O)C=C[C@]5(C)[C@]45O[C@H]5C[C@@]32C)c([2H])c1[2H]. The third-order valence-electron chi connectivity index (χ3n) is 9.83. The zero-order valence-electron chi connectivity index (χ0n) is 22.4. The second kappa shape index (κ2) is 6.94. The number of halogens is 1. The topological polar surface area (TPSA) is 86.1 Å². The van der Waals surface area contributed by atoms with E-state index in [1.165, 1.54) is 0 Å². The third-order valence-corrected chi connectivity index (χ3v) is 10.1. The molecule has 8 atom stereocenters. The van der Waals surface area contributed by atoms with Crippen molar-refractivity contribution in [1.82, 2.24) is 0 Å². The number of epoxide rings is 1. The molecule has 1 spiro atoms. The fourth-order valence-electron chi connectivity index (χ4n) is 8.40. The molecule has 34 heavy (non-hydrogen) atoms. The number of ketones is 2. The monoisotopic (exact) mass is 487 g/mol. The van der Waals surface area contributed by atoms with Crippen LogP contribution in [0.3, 0.4) is 0 Å². The molecular formula is C27H29ClO6. The minimum Gasteiger partial charge on any atom is -0.457 e. The highest BCUT2D eigenvalue weighted by molar-refractivity contribution is 6.29. The molecule has 4 aliphatic carbocycles. The lowest BCUT2D eigenvalue weighted by Gasteiger charge is -2.56. The van der Waals surface area contributed by atoms with E-state index in [-0.39, 0.29) is 35.5 Å². The minimum absolute atomic E-state index is 0.00772. The van der Waals surface area contributed by atoms with Crippen molar-refractivity contribution in [2.45, 2.75) is 63.8 Å². The van der Waals surface area contributed by atoms with E-state index in [1.807, 2.05) is 19.9 Å². The lowest BCUT2D eigenvalue weighted by atomic mass is 9.46. The molecule has 6 rings (SSSR count). The van der Waals surface area contributed by atoms with Crippen LogP contribution >= 0.6 is 11.6 Å². The molecule has 7 heteroatoms. The first-order chi connectivity index (χ1) is 17.4. The summed E-state index contributed by atoms with van der Waals surface area (Å²) in [6.07, 6.45) is 7.18. The van der Waals surface area contributed by atoms with Crippen LogP contribution in [0.1, 0.15) is 61.1 Å². The highest BCUT2D eigenvalue weighted by Crippen LogP contribution is 2.77. The Labute approximate surface area is 207 Å². The maximum atomic E-state index is 13.7. The van der Waals surface area contributed by atoms with Gasteiger partial charge < -0.3 is 13.9 Å². The predicted molar refractivity (Wildman–Crippen MR) is 123 cm³/mol. The van der Waals surface area contributed by atoms with Crippen molar-refractivity contribution in [3.05, 3.63) is 47.9 Å². The number of rotatable bonds is 4. The van der Waals surface area contributed by atoms with Gasteiger partial charge in [0.1, 0.15) is 6.97 Å². The number of hydrogen-bond donors (Lipinski definition) is 0. The molecule has 1 aromatic heterocycles. The molecule has 3 saturated carbocycles. The zero-order valence-corrected chi connectivity index (χ0v) is 20.2. The smallest absolute Gasteiger partial charge is 0.375 e. The van der Waals surface area contributed by atoms with E-state index in [4.69, 9.17) is 29.6 Å². The van der Waals surface area contributed by atoms with Crippen LogP contribution < -0.4 is 0 Å². The van der Waals surface area contributed by atoms with Gasteiger partial charge in [-0.25, -0.2) is 4.79 Å². The molecule has 0 N–H and O–H groups in total. The van der Waals surface area contributed by atoms with Gasteiger partial charge in [0.25, 0.3) is 0 Å². The van der Waals surface area contributed by atoms with Gasteiger partial charge in [-0.3, -0.25) is 9.59 Å². The van der Waals surface area contributed by atoms with Gasteiger partial charge in [-0.1, -0.05) is 25.5 Å². The third kappa shape index (κ3) is 2.44. The van der Waals surface area contributed by atoms with E-state index in [0.717, 1.165) is 18.4 Å². The maximum Gasteiger partial charge on any atom is 0.375 e. The van der Waals surface area contributed by atoms with E-state index in [0.29, 0.717) is 12.8 Å². The molecular weight excluding hydrogens is 456 g/mol. The first kappa shape index (κ1) is 19.1. The van der Waals surface area contributed by atoms with Gasteiger partial charge in [0.15, 0.2) is 17.2 Å². The number of alkyl halides is 1. The molecule has 180 valence electrons. The predicted octanol–water partition coefficient (Wildman–Crippen LogP) is 4.67. The van der Waals surface area contributed by atoms with E-state index < -0.39 is 57.9 Å². The highest BCUT2D eigenvalue weighted by Gasteiger charge is 2.82. The van der Waals surface area contributed by atoms with Gasteiger partial charge in [-0.15, -0.1) is 11.6 Å². The Kier molecular flexibility index (Phi) is 3.89. The lowest BCUT2D eigenvalue weighted by Crippen LogP contribution is -2.63. The molecule has 1 saturated heterocycles. The standard InChI is InChI=1S/C27H29ClO6/c1-15-11-19-18-7-6-16-12-17(29)8-9-24(16,2)27(18)22(33-27)13-25(19,3)26(15,21(30)14-28)34-23(31)20-5-4-10-32-20/h4-5,8-10,12,15,18-19,22H,6-7,11,13-14H2,1-3H3/t15-,18+,19?,22+,24+,25+,26-,27+/m1/s1/i4D,5D,10D. The van der Waals surface area contributed by atoms with Gasteiger partial charge in [0.2, 0.25) is 5.76 Å². The Morgan fingerprint density at radius 1 is 1.32 bits per heavy atom. The van der Waals surface area contributed by atoms with Crippen molar-refractivity contribution in [3.63, 3.8) is 0 Å². The van der Waals surface area contributed by atoms with Crippen LogP contribution in [-0.4, -0.2) is 40.7 Å². The highest BCUT2D eigenvalue weighted by atomic mass is 35.5. The van der Waals surface area contributed by atoms with Crippen molar-refractivity contribution in [2.24, 2.45) is 28.6 Å². The lowest BCUT2D eigenvalue weighted by molar-refractivity contribution is -0.162. The number of fused-ring (bicyclic) bond motifs is 3. The molecule has 0 radical (unpaired) electrons. The minimum atomic E-state index is -1.58. The van der Waals surface area contributed by atoms with Gasteiger partial charge >= 0.3 is 5.97 Å². The summed E-state index contributed by atoms with van der Waals surface area (Å²) in [5.74, 6) is -2.66. The summed E-state index contributed by atoms with van der Waals surface area (Å²) >= 11 is 6.14. The number of hydrogen-bond acceptors (Lipinski definition) is 6. The Balaban J connectivity index is 1.42. The van der Waals surface area contributed by atoms with Gasteiger partial charge in [-0.2, -0.15) is 0 Å². The van der Waals surface area contributed by atoms with Crippen molar-refractivity contribution in [1.29, 1.82) is 0 Å². The number of allylic oxidation sites excluding steroid dienone is 2. The molecule has 1 aromatic rings. The average Bonchev–Trinajstić information content (AvgIpc) is 3.46. The van der Waals surface area contributed by atoms with E-state index >= 15 is 0 Å². The van der Waals surface area contributed by atoms with Crippen LogP contribution in [0.15, 0.2) is 46.5 Å². The molecule has 4 fully saturated rings. The van der Waals surface area contributed by atoms with Crippen molar-refractivity contribution < 1.29 is 32.4 Å². The molecule has 6 nitrogen and oxygen atoms in total. The number of carbonyl (C=O) groups is 3. The summed E-state index contributed by atoms with van der Waals surface area (Å²) in [6, 6.07) is -1.05. The number of Topliss-reactive ketones (excluding diaryl/α,β-unsaturated/α-hetero) is 1. The van der Waals surface area contributed by atoms with Crippen LogP contribution in [0.5, 0.6) is 0 Å². The van der Waals surface area contributed by atoms with Crippen molar-refractivity contribution in [2.75, 3.05) is 5.88 Å². The summed E-state index contributed by atoms with van der Waals surface area (Å²) in [5.41, 5.74) is -2.18. The summed E-state index contributed by atoms with van der Waals surface area (Å²) in [6.45, 7) is 6.01. The molecule has 5 aliphatic rings. The second-order valence-electron chi connectivity index (χ2n) is 11.0. The molecule has 0 bridgehead atoms. The molecule has 1 unspecified atom stereocenters. The normalized spacial score (nSPS) is 47.2. The van der Waals surface area contributed by atoms with Crippen LogP contribution in [0.2, 0.25) is 0 Å². The Morgan fingerprint density at radius 2 is 2.12 bits per heavy atom. The Morgan fingerprint density at radius 3 is 2.82 bits per heavy atom. The number of carbonyl (C=O) groups excluding carboxylic acids is 3. The summed E-state index contributed by atoms with van der Waals surface area (Å²) < 4.78 is 41.2. The first-order valence-electron chi connectivity index (χ1n) is 13.4. The van der Waals surface area contributed by atoms with Gasteiger partial charge in [0, 0.05) is 16.7 Å². The number of esters is 1. The van der Waals surface area contributed by atoms with Crippen molar-refractivity contribution in [3.8, 4) is 0 Å². The van der Waals surface area contributed by atoms with E-state index in [9.17, 15) is 14.4 Å². The van der Waals surface area contributed by atoms with E-state index in [1.54, 1.807) is 12.2 Å². The number of furan rings is 1. The molecule has 1 aliphatic heterocycles. The summed E-state index contributed by atoms with van der Waals surface area (Å²) in [5, 5.41) is 0.